The van der Waals surface area contributed by atoms with Crippen molar-refractivity contribution in [1.29, 1.82) is 0 Å². The quantitative estimate of drug-likeness (QED) is 0.823. The summed E-state index contributed by atoms with van der Waals surface area (Å²) in [5.74, 6) is 0.957. The number of thiophene rings is 1. The zero-order chi connectivity index (χ0) is 13.5. The van der Waals surface area contributed by atoms with Crippen molar-refractivity contribution >= 4 is 11.3 Å². The summed E-state index contributed by atoms with van der Waals surface area (Å²) in [7, 11) is 0. The number of benzene rings is 1. The molecule has 0 amide bonds. The average molecular weight is 275 g/mol. The van der Waals surface area contributed by atoms with E-state index in [-0.39, 0.29) is 0 Å². The lowest BCUT2D eigenvalue weighted by Crippen LogP contribution is -2.17. The number of rotatable bonds is 7. The molecule has 1 unspecified atom stereocenters. The number of ether oxygens (including phenoxy) is 1. The van der Waals surface area contributed by atoms with Gasteiger partial charge in [0, 0.05) is 17.3 Å². The van der Waals surface area contributed by atoms with Crippen molar-refractivity contribution in [2.45, 2.75) is 26.3 Å². The van der Waals surface area contributed by atoms with Gasteiger partial charge in [0.25, 0.3) is 0 Å². The van der Waals surface area contributed by atoms with Crippen LogP contribution in [-0.4, -0.2) is 13.2 Å². The summed E-state index contributed by atoms with van der Waals surface area (Å²) >= 11 is 1.78. The highest BCUT2D eigenvalue weighted by Gasteiger charge is 2.04. The molecular formula is C16H21NOS. The molecule has 0 radical (unpaired) electrons. The molecule has 0 bridgehead atoms. The SMILES string of the molecule is CCNC(C)c1cccc(OCCc2cccs2)c1. The average Bonchev–Trinajstić information content (AvgIpc) is 2.93. The molecule has 2 nitrogen and oxygen atoms in total. The molecule has 2 rings (SSSR count). The van der Waals surface area contributed by atoms with E-state index in [4.69, 9.17) is 4.74 Å². The lowest BCUT2D eigenvalue weighted by atomic mass is 10.1. The van der Waals surface area contributed by atoms with Gasteiger partial charge in [-0.25, -0.2) is 0 Å². The smallest absolute Gasteiger partial charge is 0.119 e. The Labute approximate surface area is 119 Å². The fourth-order valence-electron chi connectivity index (χ4n) is 2.02. The molecule has 1 atom stereocenters. The molecule has 0 aliphatic heterocycles. The van der Waals surface area contributed by atoms with E-state index in [0.717, 1.165) is 25.3 Å². The highest BCUT2D eigenvalue weighted by molar-refractivity contribution is 7.09. The molecule has 1 aromatic heterocycles. The third-order valence-electron chi connectivity index (χ3n) is 3.07. The van der Waals surface area contributed by atoms with Crippen LogP contribution in [0.1, 0.15) is 30.3 Å². The first-order chi connectivity index (χ1) is 9.29. The van der Waals surface area contributed by atoms with Crippen molar-refractivity contribution in [3.63, 3.8) is 0 Å². The van der Waals surface area contributed by atoms with Gasteiger partial charge in [-0.1, -0.05) is 25.1 Å². The van der Waals surface area contributed by atoms with E-state index >= 15 is 0 Å². The van der Waals surface area contributed by atoms with Crippen molar-refractivity contribution < 1.29 is 4.74 Å². The van der Waals surface area contributed by atoms with Crippen LogP contribution in [0.3, 0.4) is 0 Å². The van der Waals surface area contributed by atoms with Gasteiger partial charge in [-0.3, -0.25) is 0 Å². The Morgan fingerprint density at radius 2 is 2.16 bits per heavy atom. The number of hydrogen-bond donors (Lipinski definition) is 1. The third kappa shape index (κ3) is 4.37. The summed E-state index contributed by atoms with van der Waals surface area (Å²) in [6, 6.07) is 12.9. The first-order valence-electron chi connectivity index (χ1n) is 6.78. The summed E-state index contributed by atoms with van der Waals surface area (Å²) in [6.45, 7) is 6.01. The van der Waals surface area contributed by atoms with Crippen LogP contribution in [0.25, 0.3) is 0 Å². The van der Waals surface area contributed by atoms with Gasteiger partial charge in [-0.2, -0.15) is 0 Å². The van der Waals surface area contributed by atoms with Crippen molar-refractivity contribution in [3.05, 3.63) is 52.2 Å². The van der Waals surface area contributed by atoms with Crippen LogP contribution in [-0.2, 0) is 6.42 Å². The van der Waals surface area contributed by atoms with Crippen molar-refractivity contribution in [2.75, 3.05) is 13.2 Å². The molecule has 0 aliphatic carbocycles. The van der Waals surface area contributed by atoms with Gasteiger partial charge in [0.05, 0.1) is 6.61 Å². The second-order valence-electron chi connectivity index (χ2n) is 4.53. The predicted molar refractivity (Wildman–Crippen MR) is 82.1 cm³/mol. The van der Waals surface area contributed by atoms with Gasteiger partial charge < -0.3 is 10.1 Å². The second-order valence-corrected chi connectivity index (χ2v) is 5.56. The molecule has 0 saturated carbocycles. The van der Waals surface area contributed by atoms with Crippen LogP contribution in [0, 0.1) is 0 Å². The topological polar surface area (TPSA) is 21.3 Å². The molecule has 1 N–H and O–H groups in total. The lowest BCUT2D eigenvalue weighted by molar-refractivity contribution is 0.322. The van der Waals surface area contributed by atoms with Gasteiger partial charge in [-0.15, -0.1) is 11.3 Å². The van der Waals surface area contributed by atoms with E-state index in [1.165, 1.54) is 10.4 Å². The zero-order valence-electron chi connectivity index (χ0n) is 11.6. The van der Waals surface area contributed by atoms with Crippen molar-refractivity contribution in [1.82, 2.24) is 5.32 Å². The fraction of sp³-hybridized carbons (Fsp3) is 0.375. The summed E-state index contributed by atoms with van der Waals surface area (Å²) in [4.78, 5) is 1.37. The zero-order valence-corrected chi connectivity index (χ0v) is 12.4. The molecule has 19 heavy (non-hydrogen) atoms. The summed E-state index contributed by atoms with van der Waals surface area (Å²) in [5, 5.41) is 5.52. The minimum atomic E-state index is 0.367. The van der Waals surface area contributed by atoms with Crippen LogP contribution in [0.2, 0.25) is 0 Å². The maximum Gasteiger partial charge on any atom is 0.119 e. The summed E-state index contributed by atoms with van der Waals surface area (Å²) in [6.07, 6.45) is 0.977. The van der Waals surface area contributed by atoms with Gasteiger partial charge in [-0.05, 0) is 42.6 Å². The highest BCUT2D eigenvalue weighted by atomic mass is 32.1. The van der Waals surface area contributed by atoms with Crippen LogP contribution < -0.4 is 10.1 Å². The van der Waals surface area contributed by atoms with Crippen LogP contribution in [0.5, 0.6) is 5.75 Å². The van der Waals surface area contributed by atoms with Crippen LogP contribution in [0.15, 0.2) is 41.8 Å². The predicted octanol–water partition coefficient (Wildman–Crippen LogP) is 4.04. The van der Waals surface area contributed by atoms with E-state index in [9.17, 15) is 0 Å². The van der Waals surface area contributed by atoms with E-state index in [1.54, 1.807) is 11.3 Å². The van der Waals surface area contributed by atoms with E-state index in [2.05, 4.69) is 54.9 Å². The summed E-state index contributed by atoms with van der Waals surface area (Å²) < 4.78 is 5.83. The summed E-state index contributed by atoms with van der Waals surface area (Å²) in [5.41, 5.74) is 1.27. The molecule has 1 heterocycles. The maximum atomic E-state index is 5.83. The van der Waals surface area contributed by atoms with E-state index in [0.29, 0.717) is 6.04 Å². The normalized spacial score (nSPS) is 12.3. The monoisotopic (exact) mass is 275 g/mol. The Kier molecular flexibility index (Phi) is 5.43. The third-order valence-corrected chi connectivity index (χ3v) is 4.00. The largest absolute Gasteiger partial charge is 0.493 e. The Morgan fingerprint density at radius 1 is 1.26 bits per heavy atom. The Bertz CT molecular complexity index is 481. The molecule has 1 aromatic carbocycles. The fourth-order valence-corrected chi connectivity index (χ4v) is 2.71. The molecular weight excluding hydrogens is 254 g/mol. The molecule has 0 spiro atoms. The molecule has 2 aromatic rings. The van der Waals surface area contributed by atoms with Gasteiger partial charge in [0.1, 0.15) is 5.75 Å². The number of nitrogens with one attached hydrogen (secondary N) is 1. The minimum absolute atomic E-state index is 0.367. The Morgan fingerprint density at radius 3 is 2.89 bits per heavy atom. The Balaban J connectivity index is 1.88. The first-order valence-corrected chi connectivity index (χ1v) is 7.66. The van der Waals surface area contributed by atoms with Gasteiger partial charge >= 0.3 is 0 Å². The lowest BCUT2D eigenvalue weighted by Gasteiger charge is -2.14. The number of hydrogen-bond acceptors (Lipinski definition) is 3. The van der Waals surface area contributed by atoms with E-state index in [1.807, 2.05) is 6.07 Å². The molecule has 102 valence electrons. The molecule has 0 fully saturated rings. The molecule has 3 heteroatoms. The van der Waals surface area contributed by atoms with E-state index < -0.39 is 0 Å². The molecule has 0 saturated heterocycles. The van der Waals surface area contributed by atoms with Gasteiger partial charge in [0.15, 0.2) is 0 Å². The molecule has 0 aliphatic rings. The Hall–Kier alpha value is -1.32. The van der Waals surface area contributed by atoms with Gasteiger partial charge in [0.2, 0.25) is 0 Å². The highest BCUT2D eigenvalue weighted by Crippen LogP contribution is 2.19. The van der Waals surface area contributed by atoms with Crippen LogP contribution >= 0.6 is 11.3 Å². The van der Waals surface area contributed by atoms with Crippen molar-refractivity contribution in [3.8, 4) is 5.75 Å². The maximum absolute atomic E-state index is 5.83. The standard InChI is InChI=1S/C16H21NOS/c1-3-17-13(2)14-6-4-7-15(12-14)18-10-9-16-8-5-11-19-16/h4-8,11-13,17H,3,9-10H2,1-2H3. The minimum Gasteiger partial charge on any atom is -0.493 e. The van der Waals surface area contributed by atoms with Crippen LogP contribution in [0.4, 0.5) is 0 Å². The second kappa shape index (κ2) is 7.31. The first kappa shape index (κ1) is 14.1. The van der Waals surface area contributed by atoms with Crippen molar-refractivity contribution in [2.24, 2.45) is 0 Å².